The number of hydrogen-bond donors (Lipinski definition) is 0. The summed E-state index contributed by atoms with van der Waals surface area (Å²) in [5.74, 6) is 0. The molecule has 1 aromatic carbocycles. The fourth-order valence-electron chi connectivity index (χ4n) is 3.10. The van der Waals surface area contributed by atoms with Crippen LogP contribution in [0.3, 0.4) is 0 Å². The summed E-state index contributed by atoms with van der Waals surface area (Å²) in [6.07, 6.45) is 1.35. The van der Waals surface area contributed by atoms with Gasteiger partial charge in [-0.2, -0.15) is 4.31 Å². The molecule has 0 saturated carbocycles. The molecule has 27 heavy (non-hydrogen) atoms. The molecule has 0 radical (unpaired) electrons. The molecule has 1 saturated heterocycles. The Morgan fingerprint density at radius 1 is 1.07 bits per heavy atom. The highest BCUT2D eigenvalue weighted by Gasteiger charge is 2.34. The van der Waals surface area contributed by atoms with E-state index in [1.54, 1.807) is 18.3 Å². The second kappa shape index (κ2) is 7.19. The first-order valence-corrected chi connectivity index (χ1v) is 10.7. The van der Waals surface area contributed by atoms with Crippen molar-refractivity contribution in [1.29, 1.82) is 0 Å². The van der Waals surface area contributed by atoms with E-state index >= 15 is 0 Å². The average molecular weight is 406 g/mol. The van der Waals surface area contributed by atoms with Gasteiger partial charge in [-0.25, -0.2) is 18.0 Å². The number of aromatic nitrogens is 3. The minimum atomic E-state index is -3.75. The molecule has 10 heteroatoms. The highest BCUT2D eigenvalue weighted by atomic mass is 32.2. The normalized spacial score (nSPS) is 21.6. The van der Waals surface area contributed by atoms with Crippen LogP contribution in [0.4, 0.5) is 0 Å². The topological polar surface area (TPSA) is 98.4 Å². The van der Waals surface area contributed by atoms with Crippen LogP contribution in [0.1, 0.15) is 13.8 Å². The predicted molar refractivity (Wildman–Crippen MR) is 98.9 cm³/mol. The van der Waals surface area contributed by atoms with Crippen molar-refractivity contribution in [2.75, 3.05) is 13.1 Å². The summed E-state index contributed by atoms with van der Waals surface area (Å²) in [5.41, 5.74) is 0.629. The van der Waals surface area contributed by atoms with E-state index in [9.17, 15) is 8.42 Å². The van der Waals surface area contributed by atoms with Gasteiger partial charge in [0, 0.05) is 24.2 Å². The summed E-state index contributed by atoms with van der Waals surface area (Å²) >= 11 is 1.38. The molecule has 3 heterocycles. The van der Waals surface area contributed by atoms with Crippen molar-refractivity contribution in [2.45, 2.75) is 40.9 Å². The summed E-state index contributed by atoms with van der Waals surface area (Å²) in [4.78, 5) is 5.09. The molecule has 0 spiro atoms. The molecule has 2 unspecified atom stereocenters. The van der Waals surface area contributed by atoms with Gasteiger partial charge in [0.05, 0.1) is 12.2 Å². The van der Waals surface area contributed by atoms with Crippen LogP contribution in [-0.4, -0.2) is 53.3 Å². The van der Waals surface area contributed by atoms with Crippen molar-refractivity contribution < 1.29 is 17.8 Å². The Kier molecular flexibility index (Phi) is 4.89. The van der Waals surface area contributed by atoms with Gasteiger partial charge in [-0.1, -0.05) is 17.8 Å². The van der Waals surface area contributed by atoms with Gasteiger partial charge in [-0.05, 0) is 48.4 Å². The lowest BCUT2D eigenvalue weighted by atomic mass is 10.3. The highest BCUT2D eigenvalue weighted by molar-refractivity contribution is 7.99. The van der Waals surface area contributed by atoms with E-state index in [0.29, 0.717) is 18.6 Å². The third kappa shape index (κ3) is 3.57. The van der Waals surface area contributed by atoms with Crippen LogP contribution in [0.15, 0.2) is 56.0 Å². The predicted octanol–water partition coefficient (Wildman–Crippen LogP) is 2.57. The van der Waals surface area contributed by atoms with E-state index in [1.165, 1.54) is 16.1 Å². The molecular weight excluding hydrogens is 388 g/mol. The Bertz CT molecular complexity index is 1050. The van der Waals surface area contributed by atoms with Crippen molar-refractivity contribution in [2.24, 2.45) is 0 Å². The number of pyridine rings is 1. The van der Waals surface area contributed by atoms with Gasteiger partial charge in [0.1, 0.15) is 9.92 Å². The zero-order valence-electron chi connectivity index (χ0n) is 14.8. The fraction of sp³-hybridized carbons (Fsp3) is 0.353. The maximum Gasteiger partial charge on any atom is 0.245 e. The molecule has 1 aliphatic heterocycles. The van der Waals surface area contributed by atoms with E-state index in [2.05, 4.69) is 15.3 Å². The van der Waals surface area contributed by atoms with Gasteiger partial charge >= 0.3 is 0 Å². The van der Waals surface area contributed by atoms with E-state index in [4.69, 9.17) is 9.37 Å². The van der Waals surface area contributed by atoms with Gasteiger partial charge in [-0.3, -0.25) is 0 Å². The minimum absolute atomic E-state index is 0.0884. The SMILES string of the molecule is CC1CN(S(=O)(=O)c2ccc(Sc3ccccn3)c3nonc23)CC(C)O1. The third-order valence-corrected chi connectivity index (χ3v) is 7.06. The van der Waals surface area contributed by atoms with Crippen LogP contribution < -0.4 is 0 Å². The summed E-state index contributed by atoms with van der Waals surface area (Å²) < 4.78 is 38.3. The van der Waals surface area contributed by atoms with Gasteiger partial charge in [0.25, 0.3) is 0 Å². The Labute approximate surface area is 160 Å². The molecule has 8 nitrogen and oxygen atoms in total. The molecule has 2 atom stereocenters. The van der Waals surface area contributed by atoms with Crippen molar-refractivity contribution in [1.82, 2.24) is 19.6 Å². The smallest absolute Gasteiger partial charge is 0.245 e. The number of fused-ring (bicyclic) bond motifs is 1. The van der Waals surface area contributed by atoms with Crippen LogP contribution in [-0.2, 0) is 14.8 Å². The Hall–Kier alpha value is -2.01. The number of benzene rings is 1. The molecule has 3 aromatic rings. The van der Waals surface area contributed by atoms with Gasteiger partial charge < -0.3 is 4.74 Å². The third-order valence-electron chi connectivity index (χ3n) is 4.20. The zero-order valence-corrected chi connectivity index (χ0v) is 16.4. The maximum absolute atomic E-state index is 13.2. The van der Waals surface area contributed by atoms with Crippen LogP contribution >= 0.6 is 11.8 Å². The summed E-state index contributed by atoms with van der Waals surface area (Å²) in [5, 5.41) is 8.56. The molecule has 1 fully saturated rings. The molecule has 0 bridgehead atoms. The minimum Gasteiger partial charge on any atom is -0.373 e. The van der Waals surface area contributed by atoms with E-state index in [1.807, 2.05) is 32.0 Å². The maximum atomic E-state index is 13.2. The lowest BCUT2D eigenvalue weighted by Crippen LogP contribution is -2.48. The molecule has 142 valence electrons. The molecule has 4 rings (SSSR count). The first kappa shape index (κ1) is 18.4. The van der Waals surface area contributed by atoms with Crippen molar-refractivity contribution in [3.8, 4) is 0 Å². The quantitative estimate of drug-likeness (QED) is 0.652. The summed E-state index contributed by atoms with van der Waals surface area (Å²) in [6.45, 7) is 4.31. The Morgan fingerprint density at radius 3 is 2.52 bits per heavy atom. The standard InChI is InChI=1S/C17H18N4O4S2/c1-11-9-21(10-12(2)24-11)27(22,23)14-7-6-13(16-17(14)20-25-19-16)26-15-5-3-4-8-18-15/h3-8,11-12H,9-10H2,1-2H3. The number of rotatable bonds is 4. The lowest BCUT2D eigenvalue weighted by molar-refractivity contribution is -0.0440. The van der Waals surface area contributed by atoms with E-state index in [0.717, 1.165) is 9.92 Å². The number of morpholine rings is 1. The van der Waals surface area contributed by atoms with Crippen LogP contribution in [0.2, 0.25) is 0 Å². The van der Waals surface area contributed by atoms with E-state index in [-0.39, 0.29) is 22.6 Å². The number of ether oxygens (including phenoxy) is 1. The second-order valence-corrected chi connectivity index (χ2v) is 9.34. The average Bonchev–Trinajstić information content (AvgIpc) is 3.12. The molecular formula is C17H18N4O4S2. The van der Waals surface area contributed by atoms with Crippen LogP contribution in [0, 0.1) is 0 Å². The lowest BCUT2D eigenvalue weighted by Gasteiger charge is -2.34. The van der Waals surface area contributed by atoms with Gasteiger partial charge in [0.2, 0.25) is 10.0 Å². The van der Waals surface area contributed by atoms with E-state index < -0.39 is 10.0 Å². The summed E-state index contributed by atoms with van der Waals surface area (Å²) in [6, 6.07) is 8.85. The van der Waals surface area contributed by atoms with Crippen LogP contribution in [0.5, 0.6) is 0 Å². The highest BCUT2D eigenvalue weighted by Crippen LogP contribution is 2.35. The molecule has 0 amide bonds. The molecule has 0 N–H and O–H groups in total. The van der Waals surface area contributed by atoms with Crippen molar-refractivity contribution in [3.05, 3.63) is 36.5 Å². The molecule has 2 aromatic heterocycles. The largest absolute Gasteiger partial charge is 0.373 e. The second-order valence-electron chi connectivity index (χ2n) is 6.37. The summed E-state index contributed by atoms with van der Waals surface area (Å²) in [7, 11) is -3.75. The first-order valence-electron chi connectivity index (χ1n) is 8.45. The van der Waals surface area contributed by atoms with Gasteiger partial charge in [-0.15, -0.1) is 0 Å². The van der Waals surface area contributed by atoms with Crippen molar-refractivity contribution in [3.63, 3.8) is 0 Å². The molecule has 1 aliphatic rings. The number of hydrogen-bond acceptors (Lipinski definition) is 8. The number of sulfonamides is 1. The zero-order chi connectivity index (χ0) is 19.0. The van der Waals surface area contributed by atoms with Crippen LogP contribution in [0.25, 0.3) is 11.0 Å². The Balaban J connectivity index is 1.73. The Morgan fingerprint density at radius 2 is 1.81 bits per heavy atom. The monoisotopic (exact) mass is 406 g/mol. The fourth-order valence-corrected chi connectivity index (χ4v) is 5.66. The number of nitrogens with zero attached hydrogens (tertiary/aromatic N) is 4. The first-order chi connectivity index (χ1) is 12.9. The van der Waals surface area contributed by atoms with Crippen molar-refractivity contribution >= 4 is 32.8 Å². The molecule has 0 aliphatic carbocycles. The van der Waals surface area contributed by atoms with Gasteiger partial charge in [0.15, 0.2) is 11.0 Å².